The van der Waals surface area contributed by atoms with Crippen molar-refractivity contribution in [2.24, 2.45) is 11.8 Å². The molecule has 0 spiro atoms. The fourth-order valence-electron chi connectivity index (χ4n) is 5.11. The predicted octanol–water partition coefficient (Wildman–Crippen LogP) is 4.68. The molecule has 0 bridgehead atoms. The molecule has 10 nitrogen and oxygen atoms in total. The normalized spacial score (nSPS) is 17.3. The van der Waals surface area contributed by atoms with Crippen LogP contribution in [0, 0.1) is 11.8 Å². The molecule has 11 heteroatoms. The Morgan fingerprint density at radius 1 is 1.17 bits per heavy atom. The zero-order valence-electron chi connectivity index (χ0n) is 25.0. The maximum Gasteiger partial charge on any atom is 0.417 e. The third-order valence-electron chi connectivity index (χ3n) is 7.82. The lowest BCUT2D eigenvalue weighted by Gasteiger charge is -2.36. The van der Waals surface area contributed by atoms with Crippen LogP contribution < -0.4 is 10.6 Å². The lowest BCUT2D eigenvalue weighted by atomic mass is 9.92. The van der Waals surface area contributed by atoms with Crippen molar-refractivity contribution in [2.45, 2.75) is 91.0 Å². The molecule has 3 N–H and O–H groups in total. The van der Waals surface area contributed by atoms with Crippen molar-refractivity contribution < 1.29 is 29.0 Å². The number of rotatable bonds is 15. The van der Waals surface area contributed by atoms with Crippen molar-refractivity contribution in [1.82, 2.24) is 20.5 Å². The van der Waals surface area contributed by atoms with E-state index in [1.807, 2.05) is 58.0 Å². The molecule has 4 atom stereocenters. The van der Waals surface area contributed by atoms with Gasteiger partial charge in [0.1, 0.15) is 12.6 Å². The summed E-state index contributed by atoms with van der Waals surface area (Å²) in [5, 5.41) is 18.0. The number of amides is 2. The number of aryl methyl sites for hydroxylation is 1. The number of carbonyl (C=O) groups excluding carboxylic acids is 3. The Labute approximate surface area is 252 Å². The molecule has 1 aliphatic heterocycles. The molecule has 0 aliphatic carbocycles. The first-order chi connectivity index (χ1) is 20.1. The molecular weight excluding hydrogens is 556 g/mol. The highest BCUT2D eigenvalue weighted by molar-refractivity contribution is 7.09. The van der Waals surface area contributed by atoms with Crippen LogP contribution in [0.5, 0.6) is 0 Å². The molecule has 1 saturated heterocycles. The van der Waals surface area contributed by atoms with E-state index in [9.17, 15) is 19.2 Å². The van der Waals surface area contributed by atoms with Gasteiger partial charge in [0.15, 0.2) is 11.5 Å². The number of benzene rings is 1. The summed E-state index contributed by atoms with van der Waals surface area (Å²) in [6, 6.07) is 7.65. The minimum Gasteiger partial charge on any atom is -0.476 e. The second-order valence-corrected chi connectivity index (χ2v) is 12.2. The van der Waals surface area contributed by atoms with Crippen LogP contribution in [0.2, 0.25) is 0 Å². The Morgan fingerprint density at radius 3 is 2.50 bits per heavy atom. The number of aromatic nitrogens is 1. The van der Waals surface area contributed by atoms with E-state index < -0.39 is 30.1 Å². The number of imide groups is 1. The number of ether oxygens (including phenoxy) is 1. The van der Waals surface area contributed by atoms with E-state index in [4.69, 9.17) is 9.84 Å². The number of carbonyl (C=O) groups is 4. The lowest BCUT2D eigenvalue weighted by Crippen LogP contribution is -2.59. The summed E-state index contributed by atoms with van der Waals surface area (Å²) in [4.78, 5) is 57.7. The second-order valence-electron chi connectivity index (χ2n) is 11.2. The number of nitrogens with one attached hydrogen (secondary N) is 2. The van der Waals surface area contributed by atoms with E-state index in [2.05, 4.69) is 15.6 Å². The molecule has 1 unspecified atom stereocenters. The van der Waals surface area contributed by atoms with Gasteiger partial charge in [-0.25, -0.2) is 19.5 Å². The van der Waals surface area contributed by atoms with Crippen LogP contribution in [0.1, 0.15) is 80.9 Å². The number of ketones is 1. The minimum absolute atomic E-state index is 0.00299. The smallest absolute Gasteiger partial charge is 0.417 e. The van der Waals surface area contributed by atoms with Crippen LogP contribution in [0.15, 0.2) is 35.7 Å². The summed E-state index contributed by atoms with van der Waals surface area (Å²) >= 11 is 1.31. The standard InChI is InChI=1S/C31H44N4O6S/c1-5-21(4)28(26(36)17-33-23(20(2)3)14-15-27-34-25(19-42-27)30(38)39)35(29(37)24-13-9-10-16-32-24)31(40)41-18-22-11-7-6-8-12-22/h6-8,11-12,19-21,23-24,28,32-33H,5,9-10,13-18H2,1-4H3,(H,38,39)/t21-,23-,24?,28+/m1/s1. The van der Waals surface area contributed by atoms with E-state index in [1.54, 1.807) is 0 Å². The average molecular weight is 601 g/mol. The zero-order chi connectivity index (χ0) is 30.6. The number of thiazole rings is 1. The number of nitrogens with zero attached hydrogens (tertiary/aromatic N) is 2. The average Bonchev–Trinajstić information content (AvgIpc) is 3.48. The van der Waals surface area contributed by atoms with Crippen molar-refractivity contribution in [1.29, 1.82) is 0 Å². The van der Waals surface area contributed by atoms with Gasteiger partial charge < -0.3 is 20.5 Å². The molecule has 0 radical (unpaired) electrons. The van der Waals surface area contributed by atoms with Gasteiger partial charge in [-0.15, -0.1) is 11.3 Å². The fourth-order valence-corrected chi connectivity index (χ4v) is 5.90. The van der Waals surface area contributed by atoms with Crippen LogP contribution in [0.3, 0.4) is 0 Å². The number of carboxylic acids is 1. The van der Waals surface area contributed by atoms with Gasteiger partial charge in [-0.05, 0) is 43.2 Å². The largest absolute Gasteiger partial charge is 0.476 e. The summed E-state index contributed by atoms with van der Waals surface area (Å²) in [5.74, 6) is -1.83. The monoisotopic (exact) mass is 600 g/mol. The van der Waals surface area contributed by atoms with E-state index in [0.717, 1.165) is 28.3 Å². The van der Waals surface area contributed by atoms with Gasteiger partial charge in [-0.3, -0.25) is 9.59 Å². The van der Waals surface area contributed by atoms with Gasteiger partial charge in [0.25, 0.3) is 0 Å². The summed E-state index contributed by atoms with van der Waals surface area (Å²) in [5.41, 5.74) is 0.824. The molecule has 230 valence electrons. The Bertz CT molecular complexity index is 1180. The third kappa shape index (κ3) is 9.43. The molecular formula is C31H44N4O6S. The quantitative estimate of drug-likeness (QED) is 0.266. The Balaban J connectivity index is 1.76. The Morgan fingerprint density at radius 2 is 1.90 bits per heavy atom. The predicted molar refractivity (Wildman–Crippen MR) is 161 cm³/mol. The van der Waals surface area contributed by atoms with Crippen molar-refractivity contribution in [2.75, 3.05) is 13.1 Å². The fraction of sp³-hybridized carbons (Fsp3) is 0.581. The number of Topliss-reactive ketones (excluding diaryl/α,β-unsaturated/α-hetero) is 1. The van der Waals surface area contributed by atoms with Crippen LogP contribution in [0.4, 0.5) is 4.79 Å². The van der Waals surface area contributed by atoms with Crippen molar-refractivity contribution in [3.8, 4) is 0 Å². The highest BCUT2D eigenvalue weighted by Gasteiger charge is 2.41. The van der Waals surface area contributed by atoms with Crippen molar-refractivity contribution >= 4 is 35.1 Å². The minimum atomic E-state index is -1.05. The molecule has 3 rings (SSSR count). The van der Waals surface area contributed by atoms with E-state index in [-0.39, 0.29) is 42.5 Å². The number of hydrogen-bond acceptors (Lipinski definition) is 9. The third-order valence-corrected chi connectivity index (χ3v) is 8.73. The van der Waals surface area contributed by atoms with E-state index in [1.165, 1.54) is 16.7 Å². The van der Waals surface area contributed by atoms with Gasteiger partial charge in [-0.1, -0.05) is 70.9 Å². The first kappa shape index (κ1) is 33.4. The van der Waals surface area contributed by atoms with Crippen molar-refractivity contribution in [3.05, 3.63) is 52.0 Å². The number of piperidine rings is 1. The van der Waals surface area contributed by atoms with E-state index in [0.29, 0.717) is 32.2 Å². The number of aromatic carboxylic acids is 1. The van der Waals surface area contributed by atoms with Crippen molar-refractivity contribution in [3.63, 3.8) is 0 Å². The number of carboxylic acid groups (broad SMARTS) is 1. The highest BCUT2D eigenvalue weighted by Crippen LogP contribution is 2.22. The zero-order valence-corrected chi connectivity index (χ0v) is 25.8. The number of hydrogen-bond donors (Lipinski definition) is 3. The maximum absolute atomic E-state index is 13.9. The van der Waals surface area contributed by atoms with Gasteiger partial charge in [0, 0.05) is 17.8 Å². The summed E-state index contributed by atoms with van der Waals surface area (Å²) in [6.45, 7) is 8.56. The SMILES string of the molecule is CC[C@@H](C)[C@@H](C(=O)CN[C@H](CCc1nc(C(=O)O)cs1)C(C)C)N(C(=O)OCc1ccccc1)C(=O)C1CCCCN1. The second kappa shape index (κ2) is 16.5. The van der Waals surface area contributed by atoms with Crippen LogP contribution >= 0.6 is 11.3 Å². The highest BCUT2D eigenvalue weighted by atomic mass is 32.1. The van der Waals surface area contributed by atoms with Gasteiger partial charge in [0.2, 0.25) is 5.91 Å². The molecule has 42 heavy (non-hydrogen) atoms. The molecule has 1 aromatic heterocycles. The molecule has 2 heterocycles. The van der Waals surface area contributed by atoms with Gasteiger partial charge in [-0.2, -0.15) is 0 Å². The molecule has 2 aromatic rings. The summed E-state index contributed by atoms with van der Waals surface area (Å²) < 4.78 is 5.62. The first-order valence-electron chi connectivity index (χ1n) is 14.8. The molecule has 1 aliphatic rings. The molecule has 0 saturated carbocycles. The summed E-state index contributed by atoms with van der Waals surface area (Å²) in [6.07, 6.45) is 3.41. The Kier molecular flexibility index (Phi) is 13.1. The summed E-state index contributed by atoms with van der Waals surface area (Å²) in [7, 11) is 0. The van der Waals surface area contributed by atoms with Gasteiger partial charge in [0.05, 0.1) is 17.6 Å². The molecule has 2 amide bonds. The molecule has 1 aromatic carbocycles. The van der Waals surface area contributed by atoms with Crippen LogP contribution in [-0.2, 0) is 27.4 Å². The van der Waals surface area contributed by atoms with Crippen LogP contribution in [-0.4, -0.2) is 70.0 Å². The lowest BCUT2D eigenvalue weighted by molar-refractivity contribution is -0.141. The Hall–Kier alpha value is -3.15. The van der Waals surface area contributed by atoms with E-state index >= 15 is 0 Å². The topological polar surface area (TPSA) is 138 Å². The molecule has 1 fully saturated rings. The maximum atomic E-state index is 13.9. The van der Waals surface area contributed by atoms with Crippen LogP contribution in [0.25, 0.3) is 0 Å². The first-order valence-corrected chi connectivity index (χ1v) is 15.7. The van der Waals surface area contributed by atoms with Gasteiger partial charge >= 0.3 is 12.1 Å².